The molecule has 1 amide bonds. The van der Waals surface area contributed by atoms with Gasteiger partial charge < -0.3 is 19.4 Å². The van der Waals surface area contributed by atoms with Crippen molar-refractivity contribution in [3.05, 3.63) is 54.0 Å². The zero-order chi connectivity index (χ0) is 20.1. The van der Waals surface area contributed by atoms with Crippen LogP contribution in [0.1, 0.15) is 22.5 Å². The van der Waals surface area contributed by atoms with E-state index in [-0.39, 0.29) is 17.5 Å². The average Bonchev–Trinajstić information content (AvgIpc) is 3.33. The average molecular weight is 406 g/mol. The fraction of sp³-hybridized carbons (Fsp3) is 0.368. The van der Waals surface area contributed by atoms with E-state index < -0.39 is 28.3 Å². The third-order valence-electron chi connectivity index (χ3n) is 4.66. The Morgan fingerprint density at radius 3 is 2.71 bits per heavy atom. The summed E-state index contributed by atoms with van der Waals surface area (Å²) in [6.07, 6.45) is 1.97. The smallest absolute Gasteiger partial charge is 0.340 e. The number of amides is 1. The number of hydrogen-bond acceptors (Lipinski definition) is 7. The van der Waals surface area contributed by atoms with Gasteiger partial charge in [-0.15, -0.1) is 0 Å². The molecular formula is C19H22N2O6S. The molecule has 0 radical (unpaired) electrons. The number of ether oxygens (including phenoxy) is 1. The molecule has 8 nitrogen and oxygen atoms in total. The SMILES string of the molecule is CN(C(=O)COC(=O)c1ccccc1NCc1ccco1)C1CCS(=O)(=O)C1. The number of furan rings is 1. The minimum Gasteiger partial charge on any atom is -0.467 e. The second kappa shape index (κ2) is 8.47. The Morgan fingerprint density at radius 1 is 1.25 bits per heavy atom. The highest BCUT2D eigenvalue weighted by Gasteiger charge is 2.33. The molecular weight excluding hydrogens is 384 g/mol. The van der Waals surface area contributed by atoms with Crippen LogP contribution in [0.15, 0.2) is 47.1 Å². The number of carbonyl (C=O) groups is 2. The molecule has 1 saturated heterocycles. The predicted molar refractivity (Wildman–Crippen MR) is 103 cm³/mol. The summed E-state index contributed by atoms with van der Waals surface area (Å²) in [4.78, 5) is 26.0. The Hall–Kier alpha value is -2.81. The van der Waals surface area contributed by atoms with Crippen molar-refractivity contribution in [1.29, 1.82) is 0 Å². The summed E-state index contributed by atoms with van der Waals surface area (Å²) in [5.41, 5.74) is 0.861. The Kier molecular flexibility index (Phi) is 6.03. The third kappa shape index (κ3) is 4.92. The fourth-order valence-corrected chi connectivity index (χ4v) is 4.78. The van der Waals surface area contributed by atoms with Crippen molar-refractivity contribution in [2.24, 2.45) is 0 Å². The van der Waals surface area contributed by atoms with E-state index in [0.717, 1.165) is 0 Å². The number of rotatable bonds is 7. The van der Waals surface area contributed by atoms with Crippen LogP contribution in [0.5, 0.6) is 0 Å². The van der Waals surface area contributed by atoms with Gasteiger partial charge in [0.2, 0.25) is 0 Å². The van der Waals surface area contributed by atoms with E-state index in [4.69, 9.17) is 9.15 Å². The van der Waals surface area contributed by atoms with Gasteiger partial charge >= 0.3 is 5.97 Å². The van der Waals surface area contributed by atoms with Gasteiger partial charge in [0.05, 0.1) is 29.9 Å². The lowest BCUT2D eigenvalue weighted by Gasteiger charge is -2.23. The molecule has 1 aromatic carbocycles. The second-order valence-corrected chi connectivity index (χ2v) is 8.84. The molecule has 1 aliphatic heterocycles. The van der Waals surface area contributed by atoms with Crippen LogP contribution < -0.4 is 5.32 Å². The Balaban J connectivity index is 1.56. The van der Waals surface area contributed by atoms with E-state index >= 15 is 0 Å². The molecule has 0 spiro atoms. The molecule has 1 unspecified atom stereocenters. The molecule has 1 atom stereocenters. The van der Waals surface area contributed by atoms with Crippen LogP contribution in [0.2, 0.25) is 0 Å². The van der Waals surface area contributed by atoms with E-state index in [0.29, 0.717) is 30.0 Å². The summed E-state index contributed by atoms with van der Waals surface area (Å²) < 4.78 is 33.5. The summed E-state index contributed by atoms with van der Waals surface area (Å²) >= 11 is 0. The number of nitrogens with zero attached hydrogens (tertiary/aromatic N) is 1. The zero-order valence-corrected chi connectivity index (χ0v) is 16.3. The molecule has 2 heterocycles. The number of hydrogen-bond donors (Lipinski definition) is 1. The second-order valence-electron chi connectivity index (χ2n) is 6.62. The summed E-state index contributed by atoms with van der Waals surface area (Å²) in [5, 5.41) is 3.10. The highest BCUT2D eigenvalue weighted by Crippen LogP contribution is 2.19. The van der Waals surface area contributed by atoms with Gasteiger partial charge in [-0.3, -0.25) is 4.79 Å². The Bertz CT molecular complexity index is 939. The van der Waals surface area contributed by atoms with E-state index in [1.54, 1.807) is 36.6 Å². The maximum absolute atomic E-state index is 12.4. The lowest BCUT2D eigenvalue weighted by atomic mass is 10.2. The number of benzene rings is 1. The van der Waals surface area contributed by atoms with Crippen molar-refractivity contribution in [1.82, 2.24) is 4.90 Å². The largest absolute Gasteiger partial charge is 0.467 e. The fourth-order valence-electron chi connectivity index (χ4n) is 3.00. The van der Waals surface area contributed by atoms with Crippen LogP contribution in [0.25, 0.3) is 0 Å². The van der Waals surface area contributed by atoms with Gasteiger partial charge in [0.1, 0.15) is 5.76 Å². The normalized spacial score (nSPS) is 17.8. The lowest BCUT2D eigenvalue weighted by molar-refractivity contribution is -0.134. The minimum absolute atomic E-state index is 0.0529. The number of likely N-dealkylation sites (N-methyl/N-ethyl adjacent to an activating group) is 1. The van der Waals surface area contributed by atoms with Crippen molar-refractivity contribution in [3.8, 4) is 0 Å². The molecule has 150 valence electrons. The van der Waals surface area contributed by atoms with Gasteiger partial charge in [-0.1, -0.05) is 12.1 Å². The van der Waals surface area contributed by atoms with Crippen LogP contribution in [0.3, 0.4) is 0 Å². The molecule has 2 aromatic rings. The molecule has 1 aromatic heterocycles. The number of nitrogens with one attached hydrogen (secondary N) is 1. The van der Waals surface area contributed by atoms with E-state index in [1.165, 1.54) is 11.9 Å². The molecule has 0 saturated carbocycles. The third-order valence-corrected chi connectivity index (χ3v) is 6.41. The number of anilines is 1. The molecule has 1 N–H and O–H groups in total. The standard InChI is InChI=1S/C19H22N2O6S/c1-21(14-8-10-28(24,25)13-14)18(22)12-27-19(23)16-6-2-3-7-17(16)20-11-15-5-4-9-26-15/h2-7,9,14,20H,8,10-13H2,1H3. The highest BCUT2D eigenvalue weighted by molar-refractivity contribution is 7.91. The first kappa shape index (κ1) is 19.9. The molecule has 3 rings (SSSR count). The summed E-state index contributed by atoms with van der Waals surface area (Å²) in [6, 6.07) is 10.0. The number of para-hydroxylation sites is 1. The molecule has 28 heavy (non-hydrogen) atoms. The zero-order valence-electron chi connectivity index (χ0n) is 15.5. The quantitative estimate of drug-likeness (QED) is 0.698. The summed E-state index contributed by atoms with van der Waals surface area (Å²) in [5.74, 6) is -0.335. The van der Waals surface area contributed by atoms with Gasteiger partial charge in [0.25, 0.3) is 5.91 Å². The van der Waals surface area contributed by atoms with Gasteiger partial charge in [-0.05, 0) is 30.7 Å². The highest BCUT2D eigenvalue weighted by atomic mass is 32.2. The molecule has 1 fully saturated rings. The van der Waals surface area contributed by atoms with E-state index in [9.17, 15) is 18.0 Å². The summed E-state index contributed by atoms with van der Waals surface area (Å²) in [6.45, 7) is -0.0481. The first-order valence-electron chi connectivity index (χ1n) is 8.84. The number of carbonyl (C=O) groups excluding carboxylic acids is 2. The van der Waals surface area contributed by atoms with Crippen LogP contribution in [0, 0.1) is 0 Å². The van der Waals surface area contributed by atoms with Gasteiger partial charge in [-0.2, -0.15) is 0 Å². The van der Waals surface area contributed by atoms with Gasteiger partial charge in [0.15, 0.2) is 16.4 Å². The van der Waals surface area contributed by atoms with Crippen LogP contribution in [0.4, 0.5) is 5.69 Å². The molecule has 0 aliphatic carbocycles. The lowest BCUT2D eigenvalue weighted by Crippen LogP contribution is -2.40. The van der Waals surface area contributed by atoms with E-state index in [2.05, 4.69) is 5.32 Å². The van der Waals surface area contributed by atoms with Gasteiger partial charge in [-0.25, -0.2) is 13.2 Å². The van der Waals surface area contributed by atoms with Crippen molar-refractivity contribution in [3.63, 3.8) is 0 Å². The van der Waals surface area contributed by atoms with Gasteiger partial charge in [0, 0.05) is 18.8 Å². The van der Waals surface area contributed by atoms with Crippen LogP contribution in [-0.2, 0) is 25.9 Å². The first-order valence-corrected chi connectivity index (χ1v) is 10.7. The van der Waals surface area contributed by atoms with Crippen LogP contribution in [-0.4, -0.2) is 56.4 Å². The molecule has 9 heteroatoms. The maximum atomic E-state index is 12.4. The predicted octanol–water partition coefficient (Wildman–Crippen LogP) is 1.69. The van der Waals surface area contributed by atoms with Crippen molar-refractivity contribution in [2.45, 2.75) is 19.0 Å². The Morgan fingerprint density at radius 2 is 2.04 bits per heavy atom. The molecule has 1 aliphatic rings. The van der Waals surface area contributed by atoms with Crippen molar-refractivity contribution >= 4 is 27.4 Å². The monoisotopic (exact) mass is 406 g/mol. The van der Waals surface area contributed by atoms with E-state index in [1.807, 2.05) is 6.07 Å². The van der Waals surface area contributed by atoms with Crippen molar-refractivity contribution < 1.29 is 27.2 Å². The maximum Gasteiger partial charge on any atom is 0.340 e. The first-order chi connectivity index (χ1) is 13.4. The topological polar surface area (TPSA) is 106 Å². The number of esters is 1. The summed E-state index contributed by atoms with van der Waals surface area (Å²) in [7, 11) is -1.57. The van der Waals surface area contributed by atoms with Crippen LogP contribution >= 0.6 is 0 Å². The van der Waals surface area contributed by atoms with Crippen molar-refractivity contribution in [2.75, 3.05) is 30.5 Å². The molecule has 0 bridgehead atoms. The Labute approximate surface area is 163 Å². The number of sulfone groups is 1. The minimum atomic E-state index is -3.10.